The van der Waals surface area contributed by atoms with Crippen LogP contribution in [0.4, 0.5) is 11.4 Å². The number of nitro benzene ring substituents is 1. The Kier molecular flexibility index (Phi) is 4.94. The minimum atomic E-state index is -0.767. The zero-order chi connectivity index (χ0) is 20.4. The van der Waals surface area contributed by atoms with E-state index in [0.717, 1.165) is 17.0 Å². The number of nitro groups is 1. The van der Waals surface area contributed by atoms with E-state index in [0.29, 0.717) is 17.2 Å². The van der Waals surface area contributed by atoms with E-state index in [9.17, 15) is 24.5 Å². The molecule has 0 saturated heterocycles. The molecule has 2 aromatic carbocycles. The number of methoxy groups -OCH3 is 2. The smallest absolute Gasteiger partial charge is 0.270 e. The maximum atomic E-state index is 12.5. The Labute approximate surface area is 158 Å². The molecule has 0 saturated carbocycles. The molecule has 3 rings (SSSR count). The third kappa shape index (κ3) is 3.34. The lowest BCUT2D eigenvalue weighted by atomic mass is 10.1. The summed E-state index contributed by atoms with van der Waals surface area (Å²) in [7, 11) is 2.89. The molecular weight excluding hydrogens is 370 g/mol. The highest BCUT2D eigenvalue weighted by molar-refractivity contribution is 6.23. The highest BCUT2D eigenvalue weighted by Gasteiger charge is 2.37. The van der Waals surface area contributed by atoms with Crippen molar-refractivity contribution >= 4 is 29.1 Å². The predicted molar refractivity (Wildman–Crippen MR) is 96.6 cm³/mol. The molecule has 1 heterocycles. The number of carbonyl (C=O) groups is 3. The minimum Gasteiger partial charge on any atom is -0.497 e. The number of fused-ring (bicyclic) bond motifs is 1. The second kappa shape index (κ2) is 7.35. The first kappa shape index (κ1) is 18.8. The van der Waals surface area contributed by atoms with Crippen LogP contribution < -0.4 is 14.8 Å². The first-order chi connectivity index (χ1) is 13.3. The SMILES string of the molecule is COc1ccc(OC)c(NC(=O)CN2C(=O)c3ccc([N+](=O)[O-])cc3C2=O)c1. The summed E-state index contributed by atoms with van der Waals surface area (Å²) in [5, 5.41) is 13.4. The van der Waals surface area contributed by atoms with Crippen LogP contribution in [0.5, 0.6) is 11.5 Å². The lowest BCUT2D eigenvalue weighted by molar-refractivity contribution is -0.384. The second-order valence-corrected chi connectivity index (χ2v) is 5.80. The Hall–Kier alpha value is -3.95. The van der Waals surface area contributed by atoms with Crippen LogP contribution in [-0.4, -0.2) is 48.3 Å². The number of hydrogen-bond donors (Lipinski definition) is 1. The molecule has 0 radical (unpaired) electrons. The Balaban J connectivity index is 1.79. The summed E-state index contributed by atoms with van der Waals surface area (Å²) < 4.78 is 10.3. The fraction of sp³-hybridized carbons (Fsp3) is 0.167. The Morgan fingerprint density at radius 2 is 1.79 bits per heavy atom. The number of benzene rings is 2. The van der Waals surface area contributed by atoms with Gasteiger partial charge in [0.05, 0.1) is 36.0 Å². The quantitative estimate of drug-likeness (QED) is 0.456. The number of non-ortho nitro benzene ring substituents is 1. The molecule has 0 fully saturated rings. The van der Waals surface area contributed by atoms with Crippen molar-refractivity contribution in [3.63, 3.8) is 0 Å². The van der Waals surface area contributed by atoms with Crippen LogP contribution >= 0.6 is 0 Å². The van der Waals surface area contributed by atoms with Crippen molar-refractivity contribution in [2.24, 2.45) is 0 Å². The van der Waals surface area contributed by atoms with E-state index in [2.05, 4.69) is 5.32 Å². The fourth-order valence-corrected chi connectivity index (χ4v) is 2.78. The first-order valence-electron chi connectivity index (χ1n) is 8.02. The van der Waals surface area contributed by atoms with Gasteiger partial charge in [-0.1, -0.05) is 0 Å². The van der Waals surface area contributed by atoms with Crippen LogP contribution in [0, 0.1) is 10.1 Å². The van der Waals surface area contributed by atoms with Gasteiger partial charge >= 0.3 is 0 Å². The van der Waals surface area contributed by atoms with Crippen molar-refractivity contribution in [3.8, 4) is 11.5 Å². The Bertz CT molecular complexity index is 1000. The van der Waals surface area contributed by atoms with E-state index in [1.807, 2.05) is 0 Å². The van der Waals surface area contributed by atoms with E-state index in [4.69, 9.17) is 9.47 Å². The van der Waals surface area contributed by atoms with E-state index in [1.54, 1.807) is 12.1 Å². The molecule has 0 unspecified atom stereocenters. The summed E-state index contributed by atoms with van der Waals surface area (Å²) in [6, 6.07) is 8.13. The Morgan fingerprint density at radius 1 is 1.07 bits per heavy atom. The predicted octanol–water partition coefficient (Wildman–Crippen LogP) is 1.85. The lowest BCUT2D eigenvalue weighted by Crippen LogP contribution is -2.37. The molecule has 28 heavy (non-hydrogen) atoms. The summed E-state index contributed by atoms with van der Waals surface area (Å²) in [4.78, 5) is 48.2. The van der Waals surface area contributed by atoms with Gasteiger partial charge in [0.2, 0.25) is 5.91 Å². The molecule has 0 spiro atoms. The van der Waals surface area contributed by atoms with Gasteiger partial charge in [-0.2, -0.15) is 0 Å². The maximum absolute atomic E-state index is 12.5. The second-order valence-electron chi connectivity index (χ2n) is 5.80. The van der Waals surface area contributed by atoms with Crippen LogP contribution in [0.3, 0.4) is 0 Å². The Morgan fingerprint density at radius 3 is 2.43 bits per heavy atom. The molecule has 10 heteroatoms. The van der Waals surface area contributed by atoms with Crippen molar-refractivity contribution in [1.29, 1.82) is 0 Å². The molecule has 10 nitrogen and oxygen atoms in total. The molecule has 0 bridgehead atoms. The van der Waals surface area contributed by atoms with E-state index < -0.39 is 29.2 Å². The van der Waals surface area contributed by atoms with Gasteiger partial charge in [0.15, 0.2) is 0 Å². The molecule has 144 valence electrons. The van der Waals surface area contributed by atoms with Crippen LogP contribution in [0.2, 0.25) is 0 Å². The molecule has 0 aliphatic carbocycles. The molecule has 3 amide bonds. The summed E-state index contributed by atoms with van der Waals surface area (Å²) >= 11 is 0. The number of rotatable bonds is 6. The van der Waals surface area contributed by atoms with Gasteiger partial charge in [-0.25, -0.2) is 0 Å². The molecule has 1 aliphatic rings. The van der Waals surface area contributed by atoms with E-state index in [-0.39, 0.29) is 16.8 Å². The zero-order valence-corrected chi connectivity index (χ0v) is 14.9. The number of nitrogens with one attached hydrogen (secondary N) is 1. The number of amides is 3. The number of hydrogen-bond acceptors (Lipinski definition) is 7. The van der Waals surface area contributed by atoms with Crippen LogP contribution in [-0.2, 0) is 4.79 Å². The molecule has 0 aromatic heterocycles. The van der Waals surface area contributed by atoms with Gasteiger partial charge in [0.25, 0.3) is 17.5 Å². The summed E-state index contributed by atoms with van der Waals surface area (Å²) in [6.07, 6.45) is 0. The summed E-state index contributed by atoms with van der Waals surface area (Å²) in [5.74, 6) is -1.26. The van der Waals surface area contributed by atoms with Gasteiger partial charge < -0.3 is 14.8 Å². The van der Waals surface area contributed by atoms with Gasteiger partial charge in [-0.3, -0.25) is 29.4 Å². The van der Waals surface area contributed by atoms with Gasteiger partial charge in [0, 0.05) is 18.2 Å². The van der Waals surface area contributed by atoms with Crippen molar-refractivity contribution in [1.82, 2.24) is 4.90 Å². The van der Waals surface area contributed by atoms with Crippen LogP contribution in [0.1, 0.15) is 20.7 Å². The highest BCUT2D eigenvalue weighted by Crippen LogP contribution is 2.30. The molecule has 1 aliphatic heterocycles. The lowest BCUT2D eigenvalue weighted by Gasteiger charge is -2.15. The third-order valence-electron chi connectivity index (χ3n) is 4.15. The monoisotopic (exact) mass is 385 g/mol. The van der Waals surface area contributed by atoms with Gasteiger partial charge in [-0.15, -0.1) is 0 Å². The maximum Gasteiger partial charge on any atom is 0.270 e. The molecule has 1 N–H and O–H groups in total. The number of anilines is 1. The van der Waals surface area contributed by atoms with Gasteiger partial charge in [-0.05, 0) is 18.2 Å². The average molecular weight is 385 g/mol. The zero-order valence-electron chi connectivity index (χ0n) is 14.9. The third-order valence-corrected chi connectivity index (χ3v) is 4.15. The molecule has 0 atom stereocenters. The van der Waals surface area contributed by atoms with Crippen molar-refractivity contribution < 1.29 is 28.8 Å². The fourth-order valence-electron chi connectivity index (χ4n) is 2.78. The van der Waals surface area contributed by atoms with Gasteiger partial charge in [0.1, 0.15) is 18.0 Å². The number of ether oxygens (including phenoxy) is 2. The number of carbonyl (C=O) groups excluding carboxylic acids is 3. The molecule has 2 aromatic rings. The van der Waals surface area contributed by atoms with Crippen molar-refractivity contribution in [2.75, 3.05) is 26.1 Å². The van der Waals surface area contributed by atoms with Crippen LogP contribution in [0.25, 0.3) is 0 Å². The number of imide groups is 1. The van der Waals surface area contributed by atoms with Crippen molar-refractivity contribution in [2.45, 2.75) is 0 Å². The summed E-state index contributed by atoms with van der Waals surface area (Å²) in [5.41, 5.74) is -0.0975. The first-order valence-corrected chi connectivity index (χ1v) is 8.02. The number of nitrogens with zero attached hydrogens (tertiary/aromatic N) is 2. The molecular formula is C18H15N3O7. The normalized spacial score (nSPS) is 12.6. The van der Waals surface area contributed by atoms with E-state index in [1.165, 1.54) is 26.4 Å². The standard InChI is InChI=1S/C18H15N3O7/c1-27-11-4-6-15(28-2)14(8-11)19-16(22)9-20-17(23)12-5-3-10(21(25)26)7-13(12)18(20)24/h3-8H,9H2,1-2H3,(H,19,22). The largest absolute Gasteiger partial charge is 0.497 e. The summed E-state index contributed by atoms with van der Waals surface area (Å²) in [6.45, 7) is -0.555. The van der Waals surface area contributed by atoms with E-state index >= 15 is 0 Å². The highest BCUT2D eigenvalue weighted by atomic mass is 16.6. The van der Waals surface area contributed by atoms with Crippen LogP contribution in [0.15, 0.2) is 36.4 Å². The van der Waals surface area contributed by atoms with Crippen molar-refractivity contribution in [3.05, 3.63) is 57.6 Å². The minimum absolute atomic E-state index is 0.0161. The topological polar surface area (TPSA) is 128 Å². The average Bonchev–Trinajstić information content (AvgIpc) is 2.92.